The molecule has 0 bridgehead atoms. The summed E-state index contributed by atoms with van der Waals surface area (Å²) in [7, 11) is 4.46. The van der Waals surface area contributed by atoms with Crippen LogP contribution in [-0.4, -0.2) is 25.0 Å². The van der Waals surface area contributed by atoms with E-state index in [4.69, 9.17) is 0 Å². The van der Waals surface area contributed by atoms with Crippen molar-refractivity contribution in [3.8, 4) is 0 Å². The zero-order valence-electron chi connectivity index (χ0n) is 14.9. The number of likely N-dealkylation sites (N-methyl/N-ethyl adjacent to an activating group) is 1. The van der Waals surface area contributed by atoms with Crippen molar-refractivity contribution in [3.63, 3.8) is 0 Å². The van der Waals surface area contributed by atoms with Crippen LogP contribution in [0.4, 0.5) is 0 Å². The molecule has 21 heavy (non-hydrogen) atoms. The molecule has 0 amide bonds. The fourth-order valence-corrected chi connectivity index (χ4v) is 3.44. The minimum atomic E-state index is 0.203. The lowest BCUT2D eigenvalue weighted by molar-refractivity contribution is 0.182. The quantitative estimate of drug-likeness (QED) is 0.503. The van der Waals surface area contributed by atoms with Crippen molar-refractivity contribution in [3.05, 3.63) is 35.9 Å². The Hall–Kier alpha value is -0.820. The molecule has 0 radical (unpaired) electrons. The van der Waals surface area contributed by atoms with E-state index in [9.17, 15) is 0 Å². The zero-order chi connectivity index (χ0) is 15.7. The Morgan fingerprint density at radius 1 is 0.905 bits per heavy atom. The Morgan fingerprint density at radius 3 is 2.05 bits per heavy atom. The summed E-state index contributed by atoms with van der Waals surface area (Å²) in [6, 6.07) is 11.6. The summed E-state index contributed by atoms with van der Waals surface area (Å²) in [5.41, 5.74) is 1.66. The van der Waals surface area contributed by atoms with Crippen molar-refractivity contribution >= 4 is 0 Å². The van der Waals surface area contributed by atoms with Gasteiger partial charge >= 0.3 is 0 Å². The van der Waals surface area contributed by atoms with Gasteiger partial charge in [0, 0.05) is 11.5 Å². The third-order valence-electron chi connectivity index (χ3n) is 4.81. The van der Waals surface area contributed by atoms with Gasteiger partial charge in [-0.05, 0) is 26.1 Å². The van der Waals surface area contributed by atoms with Crippen molar-refractivity contribution in [1.29, 1.82) is 0 Å². The van der Waals surface area contributed by atoms with Crippen LogP contribution in [-0.2, 0) is 5.41 Å². The first-order valence-corrected chi connectivity index (χ1v) is 8.72. The number of rotatable bonds is 10. The molecule has 0 saturated heterocycles. The lowest BCUT2D eigenvalue weighted by atomic mass is 9.75. The Kier molecular flexibility index (Phi) is 8.03. The highest BCUT2D eigenvalue weighted by Crippen LogP contribution is 2.32. The van der Waals surface area contributed by atoms with Crippen LogP contribution < -0.4 is 0 Å². The summed E-state index contributed by atoms with van der Waals surface area (Å²) in [6.45, 7) is 7.07. The van der Waals surface area contributed by atoms with E-state index in [1.807, 2.05) is 0 Å². The molecule has 1 atom stereocenters. The molecule has 0 fully saturated rings. The normalized spacial score (nSPS) is 13.6. The second-order valence-electron chi connectivity index (χ2n) is 7.12. The van der Waals surface area contributed by atoms with E-state index in [2.05, 4.69) is 70.1 Å². The molecule has 120 valence electrons. The van der Waals surface area contributed by atoms with Crippen LogP contribution >= 0.6 is 0 Å². The van der Waals surface area contributed by atoms with Crippen LogP contribution in [0.25, 0.3) is 0 Å². The van der Waals surface area contributed by atoms with E-state index in [1.54, 1.807) is 0 Å². The monoisotopic (exact) mass is 289 g/mol. The SMILES string of the molecule is CCCCCCCCC(N(C)C)C(C)(C)c1ccccc1. The molecule has 1 nitrogen and oxygen atoms in total. The molecule has 1 aromatic rings. The van der Waals surface area contributed by atoms with Crippen molar-refractivity contribution in [2.45, 2.75) is 77.2 Å². The fraction of sp³-hybridized carbons (Fsp3) is 0.700. The Morgan fingerprint density at radius 2 is 1.48 bits per heavy atom. The number of nitrogens with zero attached hydrogens (tertiary/aromatic N) is 1. The molecule has 0 aliphatic rings. The van der Waals surface area contributed by atoms with E-state index >= 15 is 0 Å². The van der Waals surface area contributed by atoms with E-state index in [0.717, 1.165) is 0 Å². The minimum absolute atomic E-state index is 0.203. The van der Waals surface area contributed by atoms with E-state index < -0.39 is 0 Å². The summed E-state index contributed by atoms with van der Waals surface area (Å²) in [5, 5.41) is 0. The maximum atomic E-state index is 2.42. The molecular weight excluding hydrogens is 254 g/mol. The highest BCUT2D eigenvalue weighted by Gasteiger charge is 2.32. The van der Waals surface area contributed by atoms with E-state index in [-0.39, 0.29) is 5.41 Å². The van der Waals surface area contributed by atoms with Crippen LogP contribution in [0.5, 0.6) is 0 Å². The standard InChI is InChI=1S/C20H35N/c1-6-7-8-9-10-14-17-19(21(4)5)20(2,3)18-15-12-11-13-16-18/h11-13,15-16,19H,6-10,14,17H2,1-5H3. The lowest BCUT2D eigenvalue weighted by Gasteiger charge is -2.39. The average molecular weight is 290 g/mol. The van der Waals surface area contributed by atoms with Crippen molar-refractivity contribution in [1.82, 2.24) is 4.90 Å². The van der Waals surface area contributed by atoms with Gasteiger partial charge in [-0.15, -0.1) is 0 Å². The Labute approximate surface area is 132 Å². The molecule has 1 aromatic carbocycles. The molecule has 0 heterocycles. The minimum Gasteiger partial charge on any atom is -0.306 e. The molecule has 0 aromatic heterocycles. The maximum Gasteiger partial charge on any atom is 0.0181 e. The van der Waals surface area contributed by atoms with E-state index in [0.29, 0.717) is 6.04 Å². The van der Waals surface area contributed by atoms with Gasteiger partial charge in [-0.1, -0.05) is 89.6 Å². The van der Waals surface area contributed by atoms with Gasteiger partial charge in [0.15, 0.2) is 0 Å². The topological polar surface area (TPSA) is 3.24 Å². The molecule has 0 aliphatic carbocycles. The van der Waals surface area contributed by atoms with Crippen LogP contribution in [0, 0.1) is 0 Å². The first-order valence-electron chi connectivity index (χ1n) is 8.72. The molecule has 0 N–H and O–H groups in total. The van der Waals surface area contributed by atoms with Crippen LogP contribution in [0.3, 0.4) is 0 Å². The summed E-state index contributed by atoms with van der Waals surface area (Å²) < 4.78 is 0. The van der Waals surface area contributed by atoms with Crippen LogP contribution in [0.2, 0.25) is 0 Å². The van der Waals surface area contributed by atoms with Crippen molar-refractivity contribution in [2.75, 3.05) is 14.1 Å². The fourth-order valence-electron chi connectivity index (χ4n) is 3.44. The third-order valence-corrected chi connectivity index (χ3v) is 4.81. The van der Waals surface area contributed by atoms with Crippen molar-refractivity contribution < 1.29 is 0 Å². The van der Waals surface area contributed by atoms with Gasteiger partial charge in [-0.3, -0.25) is 0 Å². The lowest BCUT2D eigenvalue weighted by Crippen LogP contribution is -2.44. The van der Waals surface area contributed by atoms with Gasteiger partial charge in [-0.2, -0.15) is 0 Å². The molecule has 0 saturated carbocycles. The van der Waals surface area contributed by atoms with Gasteiger partial charge in [0.1, 0.15) is 0 Å². The predicted octanol–water partition coefficient (Wildman–Crippen LogP) is 5.65. The highest BCUT2D eigenvalue weighted by atomic mass is 15.1. The number of unbranched alkanes of at least 4 members (excludes halogenated alkanes) is 5. The van der Waals surface area contributed by atoms with Gasteiger partial charge in [0.25, 0.3) is 0 Å². The molecule has 1 unspecified atom stereocenters. The van der Waals surface area contributed by atoms with Gasteiger partial charge in [0.05, 0.1) is 0 Å². The maximum absolute atomic E-state index is 2.42. The van der Waals surface area contributed by atoms with Crippen LogP contribution in [0.15, 0.2) is 30.3 Å². The Balaban J connectivity index is 2.56. The average Bonchev–Trinajstić information content (AvgIpc) is 2.46. The highest BCUT2D eigenvalue weighted by molar-refractivity contribution is 5.25. The predicted molar refractivity (Wildman–Crippen MR) is 94.9 cm³/mol. The summed E-state index contributed by atoms with van der Waals surface area (Å²) in [5.74, 6) is 0. The van der Waals surface area contributed by atoms with E-state index in [1.165, 1.54) is 50.5 Å². The number of hydrogen-bond acceptors (Lipinski definition) is 1. The van der Waals surface area contributed by atoms with Gasteiger partial charge in [-0.25, -0.2) is 0 Å². The second kappa shape index (κ2) is 9.25. The number of hydrogen-bond donors (Lipinski definition) is 0. The molecule has 1 heteroatoms. The van der Waals surface area contributed by atoms with Crippen molar-refractivity contribution in [2.24, 2.45) is 0 Å². The largest absolute Gasteiger partial charge is 0.306 e. The molecule has 0 aliphatic heterocycles. The van der Waals surface area contributed by atoms with Crippen LogP contribution in [0.1, 0.15) is 71.3 Å². The smallest absolute Gasteiger partial charge is 0.0181 e. The summed E-state index contributed by atoms with van der Waals surface area (Å²) in [4.78, 5) is 2.42. The van der Waals surface area contributed by atoms with Gasteiger partial charge in [0.2, 0.25) is 0 Å². The number of benzene rings is 1. The second-order valence-corrected chi connectivity index (χ2v) is 7.12. The summed E-state index contributed by atoms with van der Waals surface area (Å²) in [6.07, 6.45) is 9.57. The molecule has 1 rings (SSSR count). The first kappa shape index (κ1) is 18.2. The summed E-state index contributed by atoms with van der Waals surface area (Å²) >= 11 is 0. The molecular formula is C20H35N. The van der Waals surface area contributed by atoms with Gasteiger partial charge < -0.3 is 4.90 Å². The zero-order valence-corrected chi connectivity index (χ0v) is 14.9. The molecule has 0 spiro atoms. The Bertz CT molecular complexity index is 367. The third kappa shape index (κ3) is 5.82. The first-order chi connectivity index (χ1) is 10.00.